The van der Waals surface area contributed by atoms with Crippen molar-refractivity contribution in [2.75, 3.05) is 19.0 Å². The summed E-state index contributed by atoms with van der Waals surface area (Å²) in [6.07, 6.45) is 3.80. The van der Waals surface area contributed by atoms with Gasteiger partial charge in [-0.1, -0.05) is 30.3 Å². The SMILES string of the molecule is COc1ccccc1/C=C/C(=O)Nc1ccc(CCO)cc1. The van der Waals surface area contributed by atoms with Crippen molar-refractivity contribution in [3.8, 4) is 5.75 Å². The van der Waals surface area contributed by atoms with Gasteiger partial charge in [-0.25, -0.2) is 0 Å². The number of hydrogen-bond donors (Lipinski definition) is 2. The molecule has 0 saturated heterocycles. The monoisotopic (exact) mass is 297 g/mol. The minimum absolute atomic E-state index is 0.118. The third-order valence-corrected chi connectivity index (χ3v) is 3.18. The molecule has 0 aliphatic carbocycles. The highest BCUT2D eigenvalue weighted by atomic mass is 16.5. The minimum atomic E-state index is -0.208. The molecule has 0 saturated carbocycles. The Morgan fingerprint density at radius 1 is 1.18 bits per heavy atom. The first-order valence-electron chi connectivity index (χ1n) is 7.05. The number of amides is 1. The smallest absolute Gasteiger partial charge is 0.248 e. The summed E-state index contributed by atoms with van der Waals surface area (Å²) in [7, 11) is 1.60. The Labute approximate surface area is 130 Å². The van der Waals surface area contributed by atoms with Gasteiger partial charge < -0.3 is 15.2 Å². The summed E-state index contributed by atoms with van der Waals surface area (Å²) >= 11 is 0. The molecule has 22 heavy (non-hydrogen) atoms. The molecule has 4 nitrogen and oxygen atoms in total. The van der Waals surface area contributed by atoms with Crippen molar-refractivity contribution in [3.63, 3.8) is 0 Å². The molecule has 0 atom stereocenters. The standard InChI is InChI=1S/C18H19NO3/c1-22-17-5-3-2-4-15(17)8-11-18(21)19-16-9-6-14(7-10-16)12-13-20/h2-11,20H,12-13H2,1H3,(H,19,21)/b11-8+. The lowest BCUT2D eigenvalue weighted by molar-refractivity contribution is -0.111. The number of nitrogens with one attached hydrogen (secondary N) is 1. The first kappa shape index (κ1) is 15.8. The zero-order chi connectivity index (χ0) is 15.8. The Morgan fingerprint density at radius 2 is 1.91 bits per heavy atom. The number of aliphatic hydroxyl groups is 1. The molecule has 0 bridgehead atoms. The molecule has 0 aliphatic heterocycles. The van der Waals surface area contributed by atoms with Crippen LogP contribution in [0.3, 0.4) is 0 Å². The van der Waals surface area contributed by atoms with Gasteiger partial charge in [-0.05, 0) is 36.3 Å². The lowest BCUT2D eigenvalue weighted by atomic mass is 10.1. The van der Waals surface area contributed by atoms with Crippen molar-refractivity contribution in [2.24, 2.45) is 0 Å². The van der Waals surface area contributed by atoms with E-state index in [0.717, 1.165) is 22.6 Å². The van der Waals surface area contributed by atoms with Gasteiger partial charge in [-0.15, -0.1) is 0 Å². The topological polar surface area (TPSA) is 58.6 Å². The van der Waals surface area contributed by atoms with Gasteiger partial charge in [0, 0.05) is 23.9 Å². The van der Waals surface area contributed by atoms with Crippen LogP contribution in [0.15, 0.2) is 54.6 Å². The number of carbonyl (C=O) groups is 1. The summed E-state index contributed by atoms with van der Waals surface area (Å²) in [6.45, 7) is 0.118. The molecule has 2 N–H and O–H groups in total. The summed E-state index contributed by atoms with van der Waals surface area (Å²) in [5, 5.41) is 11.7. The molecule has 0 aliphatic rings. The fraction of sp³-hybridized carbons (Fsp3) is 0.167. The lowest BCUT2D eigenvalue weighted by Gasteiger charge is -2.05. The molecule has 1 amide bonds. The van der Waals surface area contributed by atoms with Crippen LogP contribution in [-0.2, 0) is 11.2 Å². The summed E-state index contributed by atoms with van der Waals surface area (Å²) in [4.78, 5) is 11.9. The average molecular weight is 297 g/mol. The number of rotatable bonds is 6. The van der Waals surface area contributed by atoms with E-state index in [1.165, 1.54) is 6.08 Å². The summed E-state index contributed by atoms with van der Waals surface area (Å²) < 4.78 is 5.23. The number of para-hydroxylation sites is 1. The molecule has 0 spiro atoms. The van der Waals surface area contributed by atoms with Gasteiger partial charge in [0.1, 0.15) is 5.75 Å². The second-order valence-electron chi connectivity index (χ2n) is 4.74. The van der Waals surface area contributed by atoms with Crippen LogP contribution >= 0.6 is 0 Å². The average Bonchev–Trinajstić information content (AvgIpc) is 2.55. The first-order valence-corrected chi connectivity index (χ1v) is 7.05. The highest BCUT2D eigenvalue weighted by molar-refractivity contribution is 6.02. The van der Waals surface area contributed by atoms with Crippen LogP contribution in [-0.4, -0.2) is 24.7 Å². The second-order valence-corrected chi connectivity index (χ2v) is 4.74. The molecule has 0 unspecified atom stereocenters. The Balaban J connectivity index is 1.98. The maximum absolute atomic E-state index is 11.9. The van der Waals surface area contributed by atoms with E-state index in [4.69, 9.17) is 9.84 Å². The Morgan fingerprint density at radius 3 is 2.59 bits per heavy atom. The highest BCUT2D eigenvalue weighted by Gasteiger charge is 2.01. The number of anilines is 1. The van der Waals surface area contributed by atoms with Crippen molar-refractivity contribution in [2.45, 2.75) is 6.42 Å². The van der Waals surface area contributed by atoms with Crippen LogP contribution in [0.1, 0.15) is 11.1 Å². The van der Waals surface area contributed by atoms with Gasteiger partial charge in [0.25, 0.3) is 0 Å². The number of benzene rings is 2. The fourth-order valence-corrected chi connectivity index (χ4v) is 2.04. The highest BCUT2D eigenvalue weighted by Crippen LogP contribution is 2.18. The number of ether oxygens (including phenoxy) is 1. The maximum Gasteiger partial charge on any atom is 0.248 e. The molecule has 0 fully saturated rings. The number of methoxy groups -OCH3 is 1. The molecule has 0 radical (unpaired) electrons. The molecule has 2 aromatic rings. The van der Waals surface area contributed by atoms with E-state index in [1.807, 2.05) is 48.5 Å². The van der Waals surface area contributed by atoms with Crippen LogP contribution in [0.2, 0.25) is 0 Å². The molecular weight excluding hydrogens is 278 g/mol. The van der Waals surface area contributed by atoms with Crippen LogP contribution in [0.5, 0.6) is 5.75 Å². The minimum Gasteiger partial charge on any atom is -0.496 e. The van der Waals surface area contributed by atoms with E-state index < -0.39 is 0 Å². The predicted octanol–water partition coefficient (Wildman–Crippen LogP) is 2.88. The summed E-state index contributed by atoms with van der Waals surface area (Å²) in [5.41, 5.74) is 2.60. The van der Waals surface area contributed by atoms with Crippen molar-refractivity contribution >= 4 is 17.7 Å². The quantitative estimate of drug-likeness (QED) is 0.806. The van der Waals surface area contributed by atoms with Gasteiger partial charge in [0.2, 0.25) is 5.91 Å². The van der Waals surface area contributed by atoms with E-state index in [9.17, 15) is 4.79 Å². The number of hydrogen-bond acceptors (Lipinski definition) is 3. The zero-order valence-electron chi connectivity index (χ0n) is 12.5. The molecule has 4 heteroatoms. The van der Waals surface area contributed by atoms with Crippen molar-refractivity contribution < 1.29 is 14.6 Å². The molecule has 114 valence electrons. The fourth-order valence-electron chi connectivity index (χ4n) is 2.04. The van der Waals surface area contributed by atoms with Gasteiger partial charge in [0.15, 0.2) is 0 Å². The van der Waals surface area contributed by atoms with Crippen molar-refractivity contribution in [1.29, 1.82) is 0 Å². The largest absolute Gasteiger partial charge is 0.496 e. The van der Waals surface area contributed by atoms with E-state index in [-0.39, 0.29) is 12.5 Å². The molecule has 0 heterocycles. The molecule has 2 aromatic carbocycles. The molecular formula is C18H19NO3. The van der Waals surface area contributed by atoms with Crippen LogP contribution < -0.4 is 10.1 Å². The second kappa shape index (κ2) is 8.00. The Kier molecular flexibility index (Phi) is 5.74. The third kappa shape index (κ3) is 4.46. The molecule has 0 aromatic heterocycles. The maximum atomic E-state index is 11.9. The van der Waals surface area contributed by atoms with Crippen molar-refractivity contribution in [1.82, 2.24) is 0 Å². The zero-order valence-corrected chi connectivity index (χ0v) is 12.5. The lowest BCUT2D eigenvalue weighted by Crippen LogP contribution is -2.07. The van der Waals surface area contributed by atoms with Crippen LogP contribution in [0.25, 0.3) is 6.08 Å². The van der Waals surface area contributed by atoms with E-state index in [0.29, 0.717) is 6.42 Å². The molecule has 2 rings (SSSR count). The van der Waals surface area contributed by atoms with Gasteiger partial charge in [0.05, 0.1) is 7.11 Å². The van der Waals surface area contributed by atoms with Gasteiger partial charge in [-0.2, -0.15) is 0 Å². The third-order valence-electron chi connectivity index (χ3n) is 3.18. The summed E-state index contributed by atoms with van der Waals surface area (Å²) in [5.74, 6) is 0.515. The van der Waals surface area contributed by atoms with Gasteiger partial charge in [-0.3, -0.25) is 4.79 Å². The van der Waals surface area contributed by atoms with Crippen LogP contribution in [0, 0.1) is 0 Å². The van der Waals surface area contributed by atoms with Crippen LogP contribution in [0.4, 0.5) is 5.69 Å². The van der Waals surface area contributed by atoms with Crippen molar-refractivity contribution in [3.05, 3.63) is 65.7 Å². The number of aliphatic hydroxyl groups excluding tert-OH is 1. The van der Waals surface area contributed by atoms with E-state index in [1.54, 1.807) is 13.2 Å². The Bertz CT molecular complexity index is 648. The number of carbonyl (C=O) groups excluding carboxylic acids is 1. The summed E-state index contributed by atoms with van der Waals surface area (Å²) in [6, 6.07) is 14.9. The predicted molar refractivity (Wildman–Crippen MR) is 87.9 cm³/mol. The normalized spacial score (nSPS) is 10.6. The van der Waals surface area contributed by atoms with E-state index in [2.05, 4.69) is 5.32 Å². The van der Waals surface area contributed by atoms with E-state index >= 15 is 0 Å². The Hall–Kier alpha value is -2.59. The van der Waals surface area contributed by atoms with Gasteiger partial charge >= 0.3 is 0 Å². The first-order chi connectivity index (χ1) is 10.7.